The van der Waals surface area contributed by atoms with E-state index in [0.29, 0.717) is 22.7 Å². The number of nitrogens with one attached hydrogen (secondary N) is 2. The van der Waals surface area contributed by atoms with Gasteiger partial charge in [0.2, 0.25) is 12.7 Å². The highest BCUT2D eigenvalue weighted by Crippen LogP contribution is 2.37. The number of unbranched alkanes of at least 4 members (excludes halogenated alkanes) is 1. The number of amides is 4. The Morgan fingerprint density at radius 1 is 1.13 bits per heavy atom. The zero-order chi connectivity index (χ0) is 22.0. The molecule has 0 spiro atoms. The predicted octanol–water partition coefficient (Wildman–Crippen LogP) is 3.16. The van der Waals surface area contributed by atoms with E-state index in [4.69, 9.17) is 9.47 Å². The third-order valence-corrected chi connectivity index (χ3v) is 5.58. The first-order valence-corrected chi connectivity index (χ1v) is 10.3. The maximum absolute atomic E-state index is 13.1. The fourth-order valence-corrected chi connectivity index (χ4v) is 3.72. The van der Waals surface area contributed by atoms with Crippen LogP contribution in [0.15, 0.2) is 42.5 Å². The molecule has 0 aromatic heterocycles. The highest BCUT2D eigenvalue weighted by molar-refractivity contribution is 6.10. The van der Waals surface area contributed by atoms with Gasteiger partial charge in [-0.3, -0.25) is 14.5 Å². The van der Waals surface area contributed by atoms with Crippen molar-refractivity contribution in [1.29, 1.82) is 0 Å². The van der Waals surface area contributed by atoms with Crippen molar-refractivity contribution >= 4 is 23.5 Å². The molecule has 1 fully saturated rings. The van der Waals surface area contributed by atoms with Crippen LogP contribution in [0.3, 0.4) is 0 Å². The molecule has 8 heteroatoms. The molecule has 162 valence electrons. The van der Waals surface area contributed by atoms with Crippen molar-refractivity contribution < 1.29 is 23.9 Å². The molecule has 1 saturated heterocycles. The van der Waals surface area contributed by atoms with Crippen molar-refractivity contribution in [1.82, 2.24) is 10.2 Å². The van der Waals surface area contributed by atoms with Gasteiger partial charge < -0.3 is 20.1 Å². The summed E-state index contributed by atoms with van der Waals surface area (Å²) in [5.74, 6) is 0.154. The molecule has 0 aliphatic carbocycles. The van der Waals surface area contributed by atoms with Crippen molar-refractivity contribution in [3.8, 4) is 11.5 Å². The number of fused-ring (bicyclic) bond motifs is 1. The molecule has 0 radical (unpaired) electrons. The average molecular weight is 423 g/mol. The van der Waals surface area contributed by atoms with E-state index in [1.165, 1.54) is 5.56 Å². The molecule has 4 amide bonds. The zero-order valence-electron chi connectivity index (χ0n) is 17.6. The monoisotopic (exact) mass is 423 g/mol. The minimum absolute atomic E-state index is 0.113. The van der Waals surface area contributed by atoms with Gasteiger partial charge in [-0.2, -0.15) is 0 Å². The lowest BCUT2D eigenvalue weighted by Gasteiger charge is -2.22. The van der Waals surface area contributed by atoms with Gasteiger partial charge in [0.15, 0.2) is 11.5 Å². The van der Waals surface area contributed by atoms with Gasteiger partial charge in [-0.1, -0.05) is 31.5 Å². The summed E-state index contributed by atoms with van der Waals surface area (Å²) in [6.45, 7) is 3.49. The molecule has 0 saturated carbocycles. The molecular formula is C23H25N3O5. The van der Waals surface area contributed by atoms with E-state index >= 15 is 0 Å². The minimum atomic E-state index is -1.29. The fourth-order valence-electron chi connectivity index (χ4n) is 3.72. The summed E-state index contributed by atoms with van der Waals surface area (Å²) in [6, 6.07) is 12.0. The van der Waals surface area contributed by atoms with Crippen molar-refractivity contribution in [3.05, 3.63) is 53.6 Å². The quantitative estimate of drug-likeness (QED) is 0.667. The molecule has 31 heavy (non-hydrogen) atoms. The molecule has 2 aliphatic rings. The van der Waals surface area contributed by atoms with E-state index in [1.54, 1.807) is 25.1 Å². The van der Waals surface area contributed by atoms with Crippen molar-refractivity contribution in [2.75, 3.05) is 18.7 Å². The highest BCUT2D eigenvalue weighted by Gasteiger charge is 2.49. The highest BCUT2D eigenvalue weighted by atomic mass is 16.7. The first-order chi connectivity index (χ1) is 14.9. The number of carbonyl (C=O) groups is 3. The fraction of sp³-hybridized carbons (Fsp3) is 0.348. The largest absolute Gasteiger partial charge is 0.454 e. The van der Waals surface area contributed by atoms with Gasteiger partial charge in [-0.05, 0) is 55.2 Å². The second kappa shape index (κ2) is 8.29. The van der Waals surface area contributed by atoms with E-state index in [-0.39, 0.29) is 13.3 Å². The number of imide groups is 1. The van der Waals surface area contributed by atoms with Crippen LogP contribution in [0.5, 0.6) is 11.5 Å². The zero-order valence-corrected chi connectivity index (χ0v) is 17.6. The lowest BCUT2D eigenvalue weighted by molar-refractivity contribution is -0.133. The summed E-state index contributed by atoms with van der Waals surface area (Å²) in [4.78, 5) is 39.0. The van der Waals surface area contributed by atoms with E-state index in [0.717, 1.165) is 24.2 Å². The molecule has 2 N–H and O–H groups in total. The van der Waals surface area contributed by atoms with Gasteiger partial charge >= 0.3 is 6.03 Å². The molecule has 8 nitrogen and oxygen atoms in total. The summed E-state index contributed by atoms with van der Waals surface area (Å²) < 4.78 is 10.7. The van der Waals surface area contributed by atoms with E-state index < -0.39 is 23.4 Å². The van der Waals surface area contributed by atoms with Gasteiger partial charge in [0.05, 0.1) is 0 Å². The summed E-state index contributed by atoms with van der Waals surface area (Å²) in [5.41, 5.74) is 1.09. The number of nitrogens with zero attached hydrogens (tertiary/aromatic N) is 1. The van der Waals surface area contributed by atoms with Crippen LogP contribution in [-0.4, -0.2) is 36.1 Å². The summed E-state index contributed by atoms with van der Waals surface area (Å²) >= 11 is 0. The van der Waals surface area contributed by atoms with Crippen LogP contribution in [0.1, 0.15) is 37.8 Å². The molecule has 2 heterocycles. The van der Waals surface area contributed by atoms with Gasteiger partial charge in [0.1, 0.15) is 12.1 Å². The molecule has 4 rings (SSSR count). The first-order valence-electron chi connectivity index (χ1n) is 10.3. The molecule has 0 bridgehead atoms. The number of carbonyl (C=O) groups excluding carboxylic acids is 3. The number of aryl methyl sites for hydroxylation is 1. The number of rotatable bonds is 7. The smallest absolute Gasteiger partial charge is 0.325 e. The Morgan fingerprint density at radius 3 is 2.61 bits per heavy atom. The van der Waals surface area contributed by atoms with E-state index in [1.807, 2.05) is 24.3 Å². The number of urea groups is 1. The maximum Gasteiger partial charge on any atom is 0.325 e. The van der Waals surface area contributed by atoms with Crippen LogP contribution in [0.2, 0.25) is 0 Å². The van der Waals surface area contributed by atoms with Crippen molar-refractivity contribution in [2.45, 2.75) is 38.6 Å². The third-order valence-electron chi connectivity index (χ3n) is 5.58. The summed E-state index contributed by atoms with van der Waals surface area (Å²) in [7, 11) is 0. The van der Waals surface area contributed by atoms with Crippen LogP contribution in [0.4, 0.5) is 10.5 Å². The number of hydrogen-bond donors (Lipinski definition) is 2. The van der Waals surface area contributed by atoms with Gasteiger partial charge in [0, 0.05) is 5.69 Å². The standard InChI is InChI=1S/C23H25N3O5/c1-3-4-5-15-6-9-17(10-7-15)24-20(27)13-26-21(28)23(2,25-22(26)29)16-8-11-18-19(12-16)31-14-30-18/h6-12H,3-5,13-14H2,1-2H3,(H,24,27)(H,25,29). The van der Waals surface area contributed by atoms with Gasteiger partial charge in [-0.25, -0.2) is 4.79 Å². The normalized spacial score (nSPS) is 19.5. The SMILES string of the molecule is CCCCc1ccc(NC(=O)CN2C(=O)NC(C)(c3ccc4c(c3)OCO4)C2=O)cc1. The topological polar surface area (TPSA) is 97.0 Å². The second-order valence-electron chi connectivity index (χ2n) is 7.86. The molecule has 1 atom stereocenters. The average Bonchev–Trinajstić information content (AvgIpc) is 3.31. The first kappa shape index (κ1) is 20.7. The number of ether oxygens (including phenoxy) is 2. The lowest BCUT2D eigenvalue weighted by Crippen LogP contribution is -2.42. The van der Waals surface area contributed by atoms with Crippen LogP contribution < -0.4 is 20.1 Å². The molecule has 1 unspecified atom stereocenters. The van der Waals surface area contributed by atoms with E-state index in [9.17, 15) is 14.4 Å². The molecule has 2 aliphatic heterocycles. The molecule has 2 aromatic carbocycles. The number of benzene rings is 2. The van der Waals surface area contributed by atoms with Crippen LogP contribution >= 0.6 is 0 Å². The van der Waals surface area contributed by atoms with Crippen LogP contribution in [0.25, 0.3) is 0 Å². The van der Waals surface area contributed by atoms with Crippen molar-refractivity contribution in [2.24, 2.45) is 0 Å². The molecular weight excluding hydrogens is 398 g/mol. The number of anilines is 1. The Hall–Kier alpha value is -3.55. The lowest BCUT2D eigenvalue weighted by atomic mass is 9.91. The van der Waals surface area contributed by atoms with Crippen molar-refractivity contribution in [3.63, 3.8) is 0 Å². The Bertz CT molecular complexity index is 1020. The van der Waals surface area contributed by atoms with Gasteiger partial charge in [0.25, 0.3) is 5.91 Å². The van der Waals surface area contributed by atoms with Crippen LogP contribution in [0, 0.1) is 0 Å². The predicted molar refractivity (Wildman–Crippen MR) is 114 cm³/mol. The minimum Gasteiger partial charge on any atom is -0.454 e. The summed E-state index contributed by atoms with van der Waals surface area (Å²) in [5, 5.41) is 5.44. The third kappa shape index (κ3) is 4.05. The Morgan fingerprint density at radius 2 is 1.87 bits per heavy atom. The maximum atomic E-state index is 13.1. The van der Waals surface area contributed by atoms with E-state index in [2.05, 4.69) is 17.6 Å². The van der Waals surface area contributed by atoms with Gasteiger partial charge in [-0.15, -0.1) is 0 Å². The number of hydrogen-bond acceptors (Lipinski definition) is 5. The Balaban J connectivity index is 1.42. The Kier molecular flexibility index (Phi) is 5.54. The van der Waals surface area contributed by atoms with Crippen LogP contribution in [-0.2, 0) is 21.5 Å². The Labute approximate surface area is 180 Å². The second-order valence-corrected chi connectivity index (χ2v) is 7.86. The summed E-state index contributed by atoms with van der Waals surface area (Å²) in [6.07, 6.45) is 3.22. The molecule has 2 aromatic rings.